The summed E-state index contributed by atoms with van der Waals surface area (Å²) in [6.45, 7) is 0. The Bertz CT molecular complexity index is 2550. The van der Waals surface area contributed by atoms with Crippen molar-refractivity contribution in [2.24, 2.45) is 0 Å². The van der Waals surface area contributed by atoms with E-state index in [1.807, 2.05) is 60.7 Å². The molecule has 3 heterocycles. The van der Waals surface area contributed by atoms with Crippen LogP contribution in [-0.4, -0.2) is 15.0 Å². The van der Waals surface area contributed by atoms with E-state index in [0.29, 0.717) is 17.5 Å². The highest BCUT2D eigenvalue weighted by Gasteiger charge is 2.41. The summed E-state index contributed by atoms with van der Waals surface area (Å²) in [5.74, 6) is 2.66. The summed E-state index contributed by atoms with van der Waals surface area (Å²) in [7, 11) is 0. The first kappa shape index (κ1) is 26.8. The van der Waals surface area contributed by atoms with Gasteiger partial charge in [0.05, 0.1) is 11.5 Å². The van der Waals surface area contributed by atoms with Crippen LogP contribution in [0.3, 0.4) is 0 Å². The first-order valence-electron chi connectivity index (χ1n) is 16.2. The first-order valence-corrected chi connectivity index (χ1v) is 16.2. The highest BCUT2D eigenvalue weighted by molar-refractivity contribution is 6.09. The molecule has 48 heavy (non-hydrogen) atoms. The number of hydrogen-bond acceptors (Lipinski definition) is 5. The molecular weight excluding hydrogens is 590 g/mol. The van der Waals surface area contributed by atoms with Crippen molar-refractivity contribution in [3.8, 4) is 39.9 Å². The Morgan fingerprint density at radius 3 is 2.04 bits per heavy atom. The van der Waals surface area contributed by atoms with Gasteiger partial charge in [0, 0.05) is 33.0 Å². The molecule has 0 radical (unpaired) electrons. The number of nitrogens with zero attached hydrogens (tertiary/aromatic N) is 3. The lowest BCUT2D eigenvalue weighted by molar-refractivity contribution is 0.226. The van der Waals surface area contributed by atoms with Gasteiger partial charge in [0.1, 0.15) is 23.0 Å². The zero-order chi connectivity index (χ0) is 31.6. The van der Waals surface area contributed by atoms with Crippen molar-refractivity contribution in [1.82, 2.24) is 15.0 Å². The van der Waals surface area contributed by atoms with Crippen molar-refractivity contribution in [2.45, 2.75) is 12.0 Å². The van der Waals surface area contributed by atoms with Gasteiger partial charge >= 0.3 is 0 Å². The highest BCUT2D eigenvalue weighted by atomic mass is 16.5. The molecule has 0 saturated carbocycles. The normalized spacial score (nSPS) is 16.2. The van der Waals surface area contributed by atoms with Crippen molar-refractivity contribution < 1.29 is 9.15 Å². The second-order valence-electron chi connectivity index (χ2n) is 12.3. The number of furan rings is 1. The van der Waals surface area contributed by atoms with Gasteiger partial charge in [0.2, 0.25) is 0 Å². The van der Waals surface area contributed by atoms with Crippen molar-refractivity contribution in [2.75, 3.05) is 0 Å². The summed E-state index contributed by atoms with van der Waals surface area (Å²) in [4.78, 5) is 15.1. The molecule has 226 valence electrons. The molecule has 0 saturated heterocycles. The van der Waals surface area contributed by atoms with E-state index in [-0.39, 0.29) is 12.0 Å². The molecule has 1 aliphatic carbocycles. The van der Waals surface area contributed by atoms with E-state index in [9.17, 15) is 0 Å². The maximum Gasteiger partial charge on any atom is 0.167 e. The minimum atomic E-state index is -0.119. The van der Waals surface area contributed by atoms with Crippen LogP contribution in [0.1, 0.15) is 34.3 Å². The van der Waals surface area contributed by atoms with E-state index in [1.165, 1.54) is 22.3 Å². The quantitative estimate of drug-likeness (QED) is 0.197. The van der Waals surface area contributed by atoms with Crippen LogP contribution in [0.2, 0.25) is 0 Å². The molecular formula is C43H27N3O2. The lowest BCUT2D eigenvalue weighted by Gasteiger charge is -2.28. The maximum absolute atomic E-state index is 6.85. The molecule has 5 heteroatoms. The molecule has 0 fully saturated rings. The van der Waals surface area contributed by atoms with Crippen LogP contribution in [0.4, 0.5) is 0 Å². The van der Waals surface area contributed by atoms with E-state index in [4.69, 9.17) is 24.1 Å². The summed E-state index contributed by atoms with van der Waals surface area (Å²) in [5, 5.41) is 2.09. The Balaban J connectivity index is 1.13. The van der Waals surface area contributed by atoms with E-state index >= 15 is 0 Å². The van der Waals surface area contributed by atoms with Crippen LogP contribution in [0.25, 0.3) is 67.8 Å². The standard InChI is InChI=1S/C43H27N3O2/c1-3-12-26(13-4-1)35-24-28-16-7-8-17-30(28)40-38(35)33-23-22-29(25-37(33)48-40)42-44-41(27-14-5-2-6-15-27)45-43(46-42)34-20-11-19-32-31-18-9-10-21-36(31)47-39(32)34/h1-25,38,40H. The smallest absolute Gasteiger partial charge is 0.167 e. The molecule has 2 aliphatic rings. The largest absolute Gasteiger partial charge is 0.484 e. The third-order valence-corrected chi connectivity index (χ3v) is 9.53. The van der Waals surface area contributed by atoms with Gasteiger partial charge in [-0.25, -0.2) is 15.0 Å². The Morgan fingerprint density at radius 2 is 1.19 bits per heavy atom. The summed E-state index contributed by atoms with van der Waals surface area (Å²) in [6, 6.07) is 49.8. The molecule has 10 rings (SSSR count). The number of ether oxygens (including phenoxy) is 1. The lowest BCUT2D eigenvalue weighted by Crippen LogP contribution is -2.16. The summed E-state index contributed by atoms with van der Waals surface area (Å²) in [5.41, 5.74) is 10.2. The van der Waals surface area contributed by atoms with Crippen LogP contribution in [-0.2, 0) is 0 Å². The molecule has 0 spiro atoms. The third-order valence-electron chi connectivity index (χ3n) is 9.53. The SMILES string of the molecule is C1=C(c2ccccc2)C2c3ccc(-c4nc(-c5ccccc5)nc(-c5cccc6c5oc5ccccc56)n4)cc3OC2c2ccccc21. The molecule has 2 atom stereocenters. The Labute approximate surface area is 276 Å². The molecule has 6 aromatic carbocycles. The summed E-state index contributed by atoms with van der Waals surface area (Å²) >= 11 is 0. The molecule has 8 aromatic rings. The monoisotopic (exact) mass is 617 g/mol. The topological polar surface area (TPSA) is 61.0 Å². The number of rotatable bonds is 4. The van der Waals surface area contributed by atoms with Crippen molar-refractivity contribution in [1.29, 1.82) is 0 Å². The van der Waals surface area contributed by atoms with E-state index < -0.39 is 0 Å². The van der Waals surface area contributed by atoms with Gasteiger partial charge in [-0.3, -0.25) is 0 Å². The van der Waals surface area contributed by atoms with Gasteiger partial charge in [-0.2, -0.15) is 0 Å². The molecule has 0 N–H and O–H groups in total. The number of para-hydroxylation sites is 2. The van der Waals surface area contributed by atoms with E-state index in [0.717, 1.165) is 49.9 Å². The minimum absolute atomic E-state index is 0.0748. The lowest BCUT2D eigenvalue weighted by atomic mass is 9.76. The summed E-state index contributed by atoms with van der Waals surface area (Å²) < 4.78 is 13.2. The van der Waals surface area contributed by atoms with Crippen LogP contribution in [0, 0.1) is 0 Å². The molecule has 0 bridgehead atoms. The van der Waals surface area contributed by atoms with E-state index in [2.05, 4.69) is 91.0 Å². The fourth-order valence-corrected chi connectivity index (χ4v) is 7.29. The second kappa shape index (κ2) is 10.6. The predicted molar refractivity (Wildman–Crippen MR) is 190 cm³/mol. The van der Waals surface area contributed by atoms with Crippen molar-refractivity contribution in [3.05, 3.63) is 168 Å². The third kappa shape index (κ3) is 4.21. The average molecular weight is 618 g/mol. The molecule has 1 aliphatic heterocycles. The molecule has 5 nitrogen and oxygen atoms in total. The van der Waals surface area contributed by atoms with Crippen LogP contribution < -0.4 is 4.74 Å². The van der Waals surface area contributed by atoms with Gasteiger partial charge < -0.3 is 9.15 Å². The van der Waals surface area contributed by atoms with Gasteiger partial charge in [0.15, 0.2) is 17.5 Å². The van der Waals surface area contributed by atoms with E-state index in [1.54, 1.807) is 0 Å². The molecule has 2 aromatic heterocycles. The van der Waals surface area contributed by atoms with Crippen LogP contribution in [0.5, 0.6) is 5.75 Å². The Kier molecular flexibility index (Phi) is 5.93. The first-order chi connectivity index (χ1) is 23.8. The van der Waals surface area contributed by atoms with Crippen molar-refractivity contribution in [3.63, 3.8) is 0 Å². The van der Waals surface area contributed by atoms with Crippen LogP contribution >= 0.6 is 0 Å². The number of hydrogen-bond donors (Lipinski definition) is 0. The van der Waals surface area contributed by atoms with Crippen molar-refractivity contribution >= 4 is 33.6 Å². The van der Waals surface area contributed by atoms with Gasteiger partial charge in [-0.15, -0.1) is 0 Å². The van der Waals surface area contributed by atoms with Gasteiger partial charge in [-0.05, 0) is 41.0 Å². The Hall–Kier alpha value is -6.33. The number of benzene rings is 6. The fraction of sp³-hybridized carbons (Fsp3) is 0.0465. The predicted octanol–water partition coefficient (Wildman–Crippen LogP) is 10.5. The zero-order valence-corrected chi connectivity index (χ0v) is 25.7. The molecule has 2 unspecified atom stereocenters. The fourth-order valence-electron chi connectivity index (χ4n) is 7.29. The van der Waals surface area contributed by atoms with Crippen LogP contribution in [0.15, 0.2) is 150 Å². The zero-order valence-electron chi connectivity index (χ0n) is 25.7. The number of aromatic nitrogens is 3. The highest BCUT2D eigenvalue weighted by Crippen LogP contribution is 2.56. The maximum atomic E-state index is 6.85. The minimum Gasteiger partial charge on any atom is -0.484 e. The summed E-state index contributed by atoms with van der Waals surface area (Å²) in [6.07, 6.45) is 2.20. The Morgan fingerprint density at radius 1 is 0.500 bits per heavy atom. The van der Waals surface area contributed by atoms with Gasteiger partial charge in [0.25, 0.3) is 0 Å². The molecule has 0 amide bonds. The second-order valence-corrected chi connectivity index (χ2v) is 12.3. The number of fused-ring (bicyclic) bond motifs is 8. The average Bonchev–Trinajstić information content (AvgIpc) is 3.74. The van der Waals surface area contributed by atoms with Gasteiger partial charge in [-0.1, -0.05) is 127 Å².